The van der Waals surface area contributed by atoms with Gasteiger partial charge in [-0.25, -0.2) is 13.2 Å². The molecule has 6 heteroatoms. The average molecular weight is 231 g/mol. The van der Waals surface area contributed by atoms with Crippen LogP contribution in [0.25, 0.3) is 0 Å². The molecule has 1 aromatic rings. The summed E-state index contributed by atoms with van der Waals surface area (Å²) in [6.45, 7) is -0.0383. The first-order valence-electron chi connectivity index (χ1n) is 4.62. The zero-order chi connectivity index (χ0) is 11.9. The number of benzene rings is 1. The minimum Gasteiger partial charge on any atom is -0.391 e. The first kappa shape index (κ1) is 10.9. The standard InChI is InChI=1S/C10H8F3NO2/c11-7-1-5(2-8(12)10(7)13)14-4-6(15)3-9(14)16/h1-2,6,15H,3-4H2. The molecule has 1 unspecified atom stereocenters. The molecule has 0 aromatic heterocycles. The second-order valence-electron chi connectivity index (χ2n) is 3.59. The Kier molecular flexibility index (Phi) is 2.59. The number of carbonyl (C=O) groups is 1. The van der Waals surface area contributed by atoms with Gasteiger partial charge in [0.1, 0.15) is 0 Å². The SMILES string of the molecule is O=C1CC(O)CN1c1cc(F)c(F)c(F)c1. The molecule has 1 amide bonds. The van der Waals surface area contributed by atoms with E-state index in [9.17, 15) is 23.1 Å². The van der Waals surface area contributed by atoms with E-state index in [0.717, 1.165) is 17.0 Å². The molecule has 0 aliphatic carbocycles. The number of nitrogens with zero attached hydrogens (tertiary/aromatic N) is 1. The maximum absolute atomic E-state index is 12.9. The smallest absolute Gasteiger partial charge is 0.229 e. The summed E-state index contributed by atoms with van der Waals surface area (Å²) in [5, 5.41) is 9.20. The van der Waals surface area contributed by atoms with Crippen molar-refractivity contribution in [2.24, 2.45) is 0 Å². The highest BCUT2D eigenvalue weighted by Gasteiger charge is 2.30. The van der Waals surface area contributed by atoms with Crippen LogP contribution in [0.5, 0.6) is 0 Å². The number of halogens is 3. The average Bonchev–Trinajstić information content (AvgIpc) is 2.53. The lowest BCUT2D eigenvalue weighted by Gasteiger charge is -2.16. The van der Waals surface area contributed by atoms with Crippen molar-refractivity contribution in [1.82, 2.24) is 0 Å². The Labute approximate surface area is 89.1 Å². The Bertz CT molecular complexity index is 427. The predicted octanol–water partition coefficient (Wildman–Crippen LogP) is 1.20. The largest absolute Gasteiger partial charge is 0.391 e. The molecule has 1 saturated heterocycles. The van der Waals surface area contributed by atoms with Crippen molar-refractivity contribution in [2.45, 2.75) is 12.5 Å². The van der Waals surface area contributed by atoms with E-state index in [-0.39, 0.29) is 18.7 Å². The summed E-state index contributed by atoms with van der Waals surface area (Å²) in [4.78, 5) is 12.3. The van der Waals surface area contributed by atoms with Crippen LogP contribution in [0.4, 0.5) is 18.9 Å². The number of carbonyl (C=O) groups excluding carboxylic acids is 1. The molecule has 86 valence electrons. The molecule has 0 radical (unpaired) electrons. The van der Waals surface area contributed by atoms with Gasteiger partial charge in [0, 0.05) is 17.8 Å². The van der Waals surface area contributed by atoms with Crippen LogP contribution < -0.4 is 4.90 Å². The number of aliphatic hydroxyl groups excluding tert-OH is 1. The molecular formula is C10H8F3NO2. The first-order valence-corrected chi connectivity index (χ1v) is 4.62. The third-order valence-corrected chi connectivity index (χ3v) is 2.38. The van der Waals surface area contributed by atoms with Gasteiger partial charge in [0.15, 0.2) is 17.5 Å². The van der Waals surface area contributed by atoms with Gasteiger partial charge in [-0.2, -0.15) is 0 Å². The van der Waals surface area contributed by atoms with Crippen LogP contribution in [0.1, 0.15) is 6.42 Å². The molecule has 1 aliphatic rings. The van der Waals surface area contributed by atoms with Gasteiger partial charge in [-0.3, -0.25) is 4.79 Å². The summed E-state index contributed by atoms with van der Waals surface area (Å²) < 4.78 is 38.5. The van der Waals surface area contributed by atoms with Gasteiger partial charge >= 0.3 is 0 Å². The Morgan fingerprint density at radius 1 is 1.25 bits per heavy atom. The fraction of sp³-hybridized carbons (Fsp3) is 0.300. The Morgan fingerprint density at radius 3 is 2.25 bits per heavy atom. The molecule has 1 aromatic carbocycles. The van der Waals surface area contributed by atoms with Crippen LogP contribution in [0.15, 0.2) is 12.1 Å². The van der Waals surface area contributed by atoms with E-state index in [1.807, 2.05) is 0 Å². The molecule has 0 bridgehead atoms. The molecule has 1 heterocycles. The summed E-state index contributed by atoms with van der Waals surface area (Å²) in [5.74, 6) is -4.73. The Balaban J connectivity index is 2.38. The zero-order valence-electron chi connectivity index (χ0n) is 8.08. The number of hydrogen-bond donors (Lipinski definition) is 1. The van der Waals surface area contributed by atoms with Gasteiger partial charge in [0.05, 0.1) is 19.1 Å². The van der Waals surface area contributed by atoms with Gasteiger partial charge in [0.2, 0.25) is 5.91 Å². The highest BCUT2D eigenvalue weighted by atomic mass is 19.2. The van der Waals surface area contributed by atoms with Gasteiger partial charge in [0.25, 0.3) is 0 Å². The van der Waals surface area contributed by atoms with Crippen LogP contribution in [0.3, 0.4) is 0 Å². The van der Waals surface area contributed by atoms with E-state index in [0.29, 0.717) is 0 Å². The highest BCUT2D eigenvalue weighted by Crippen LogP contribution is 2.25. The van der Waals surface area contributed by atoms with E-state index in [1.165, 1.54) is 0 Å². The molecule has 1 N–H and O–H groups in total. The molecular weight excluding hydrogens is 223 g/mol. The summed E-state index contributed by atoms with van der Waals surface area (Å²) in [5.41, 5.74) is -0.0852. The summed E-state index contributed by atoms with van der Waals surface area (Å²) in [6, 6.07) is 1.46. The van der Waals surface area contributed by atoms with E-state index >= 15 is 0 Å². The van der Waals surface area contributed by atoms with Crippen LogP contribution >= 0.6 is 0 Å². The molecule has 3 nitrogen and oxygen atoms in total. The topological polar surface area (TPSA) is 40.5 Å². The van der Waals surface area contributed by atoms with Crippen LogP contribution in [-0.2, 0) is 4.79 Å². The van der Waals surface area contributed by atoms with Crippen molar-refractivity contribution >= 4 is 11.6 Å². The van der Waals surface area contributed by atoms with Gasteiger partial charge in [-0.1, -0.05) is 0 Å². The molecule has 0 spiro atoms. The second-order valence-corrected chi connectivity index (χ2v) is 3.59. The van der Waals surface area contributed by atoms with Crippen molar-refractivity contribution in [1.29, 1.82) is 0 Å². The summed E-state index contributed by atoms with van der Waals surface area (Å²) >= 11 is 0. The molecule has 0 saturated carbocycles. The van der Waals surface area contributed by atoms with E-state index < -0.39 is 29.5 Å². The fourth-order valence-electron chi connectivity index (χ4n) is 1.64. The lowest BCUT2D eigenvalue weighted by atomic mass is 10.2. The monoisotopic (exact) mass is 231 g/mol. The molecule has 16 heavy (non-hydrogen) atoms. The van der Waals surface area contributed by atoms with Gasteiger partial charge in [-0.15, -0.1) is 0 Å². The van der Waals surface area contributed by atoms with Crippen LogP contribution in [0, 0.1) is 17.5 Å². The fourth-order valence-corrected chi connectivity index (χ4v) is 1.64. The maximum atomic E-state index is 12.9. The van der Waals surface area contributed by atoms with Gasteiger partial charge < -0.3 is 10.0 Å². The lowest BCUT2D eigenvalue weighted by molar-refractivity contribution is -0.117. The number of aliphatic hydroxyl groups is 1. The number of rotatable bonds is 1. The predicted molar refractivity (Wildman–Crippen MR) is 49.3 cm³/mol. The van der Waals surface area contributed by atoms with E-state index in [4.69, 9.17) is 0 Å². The van der Waals surface area contributed by atoms with Gasteiger partial charge in [-0.05, 0) is 0 Å². The maximum Gasteiger partial charge on any atom is 0.229 e. The number of anilines is 1. The van der Waals surface area contributed by atoms with Crippen molar-refractivity contribution in [2.75, 3.05) is 11.4 Å². The third kappa shape index (κ3) is 1.76. The van der Waals surface area contributed by atoms with E-state index in [2.05, 4.69) is 0 Å². The highest BCUT2D eigenvalue weighted by molar-refractivity contribution is 5.96. The van der Waals surface area contributed by atoms with Crippen LogP contribution in [0.2, 0.25) is 0 Å². The normalized spacial score (nSPS) is 20.6. The van der Waals surface area contributed by atoms with Crippen molar-refractivity contribution in [3.63, 3.8) is 0 Å². The molecule has 1 fully saturated rings. The minimum absolute atomic E-state index is 0.0383. The summed E-state index contributed by atoms with van der Waals surface area (Å²) in [7, 11) is 0. The van der Waals surface area contributed by atoms with Crippen molar-refractivity contribution < 1.29 is 23.1 Å². The summed E-state index contributed by atoms with van der Waals surface area (Å²) in [6.07, 6.45) is -0.954. The van der Waals surface area contributed by atoms with Crippen molar-refractivity contribution in [3.8, 4) is 0 Å². The second kappa shape index (κ2) is 3.79. The third-order valence-electron chi connectivity index (χ3n) is 2.38. The lowest BCUT2D eigenvalue weighted by Crippen LogP contribution is -2.25. The molecule has 1 aliphatic heterocycles. The molecule has 1 atom stereocenters. The number of β-amino-alcohol motifs (C(OH)–C–C–N with tert-alkyl or cyclic N) is 1. The quantitative estimate of drug-likeness (QED) is 0.738. The van der Waals surface area contributed by atoms with E-state index in [1.54, 1.807) is 0 Å². The molecule has 2 rings (SSSR count). The Morgan fingerprint density at radius 2 is 1.81 bits per heavy atom. The number of hydrogen-bond acceptors (Lipinski definition) is 2. The van der Waals surface area contributed by atoms with Crippen LogP contribution in [-0.4, -0.2) is 23.7 Å². The first-order chi connectivity index (χ1) is 7.49. The zero-order valence-corrected chi connectivity index (χ0v) is 8.08. The minimum atomic E-state index is -1.57. The Hall–Kier alpha value is -1.56. The van der Waals surface area contributed by atoms with Crippen molar-refractivity contribution in [3.05, 3.63) is 29.6 Å². The number of amides is 1.